The lowest BCUT2D eigenvalue weighted by molar-refractivity contribution is 0.205. The van der Waals surface area contributed by atoms with Crippen molar-refractivity contribution in [2.75, 3.05) is 0 Å². The van der Waals surface area contributed by atoms with Gasteiger partial charge in [0.1, 0.15) is 0 Å². The van der Waals surface area contributed by atoms with Gasteiger partial charge in [0.25, 0.3) is 7.96 Å². The summed E-state index contributed by atoms with van der Waals surface area (Å²) in [6.07, 6.45) is 0. The molecule has 0 unspecified atom stereocenters. The quantitative estimate of drug-likeness (QED) is 0.600. The third-order valence-corrected chi connectivity index (χ3v) is 2.09. The molecule has 0 N–H and O–H groups in total. The van der Waals surface area contributed by atoms with E-state index in [2.05, 4.69) is 0 Å². The maximum absolute atomic E-state index is 5.51. The Bertz CT molecular complexity index is 333. The SMILES string of the molecule is ClC(Cl)(Cl)OB(OC(Cl)(Cl)Cl)c1ccccc1. The molecule has 0 atom stereocenters. The summed E-state index contributed by atoms with van der Waals surface area (Å²) in [5, 5.41) is 0. The fourth-order valence-corrected chi connectivity index (χ4v) is 1.50. The topological polar surface area (TPSA) is 18.5 Å². The lowest BCUT2D eigenvalue weighted by Crippen LogP contribution is -2.43. The third kappa shape index (κ3) is 7.19. The van der Waals surface area contributed by atoms with Gasteiger partial charge in [0.2, 0.25) is 0 Å². The molecule has 0 aromatic heterocycles. The van der Waals surface area contributed by atoms with E-state index in [4.69, 9.17) is 78.9 Å². The maximum Gasteiger partial charge on any atom is 0.499 e. The molecule has 0 saturated heterocycles. The molecule has 17 heavy (non-hydrogen) atoms. The van der Waals surface area contributed by atoms with Crippen molar-refractivity contribution < 1.29 is 9.31 Å². The Balaban J connectivity index is 2.87. The number of hydrogen-bond acceptors (Lipinski definition) is 2. The van der Waals surface area contributed by atoms with E-state index in [0.29, 0.717) is 5.46 Å². The van der Waals surface area contributed by atoms with Crippen LogP contribution in [0.25, 0.3) is 0 Å². The minimum Gasteiger partial charge on any atom is -0.363 e. The van der Waals surface area contributed by atoms with E-state index < -0.39 is 15.1 Å². The summed E-state index contributed by atoms with van der Waals surface area (Å²) >= 11 is 33.0. The zero-order chi connectivity index (χ0) is 13.1. The summed E-state index contributed by atoms with van der Waals surface area (Å²) in [4.78, 5) is 0. The van der Waals surface area contributed by atoms with Crippen molar-refractivity contribution in [3.63, 3.8) is 0 Å². The molecule has 9 heteroatoms. The largest absolute Gasteiger partial charge is 0.499 e. The molecule has 0 radical (unpaired) electrons. The molecule has 0 aliphatic rings. The van der Waals surface area contributed by atoms with Gasteiger partial charge in [-0.05, 0) is 5.46 Å². The van der Waals surface area contributed by atoms with Crippen LogP contribution in [0.15, 0.2) is 30.3 Å². The van der Waals surface area contributed by atoms with Gasteiger partial charge in [-0.2, -0.15) is 0 Å². The van der Waals surface area contributed by atoms with Gasteiger partial charge in [0, 0.05) is 0 Å². The van der Waals surface area contributed by atoms with Crippen LogP contribution >= 0.6 is 69.6 Å². The first kappa shape index (κ1) is 16.0. The summed E-state index contributed by atoms with van der Waals surface area (Å²) in [5.74, 6) is 0. The molecule has 1 aromatic carbocycles. The van der Waals surface area contributed by atoms with Crippen molar-refractivity contribution in [3.8, 4) is 0 Å². The van der Waals surface area contributed by atoms with Crippen LogP contribution in [-0.4, -0.2) is 15.1 Å². The number of hydrogen-bond donors (Lipinski definition) is 0. The molecule has 0 saturated carbocycles. The Kier molecular flexibility index (Phi) is 6.02. The Morgan fingerprint density at radius 3 is 1.53 bits per heavy atom. The van der Waals surface area contributed by atoms with E-state index in [1.807, 2.05) is 0 Å². The van der Waals surface area contributed by atoms with Gasteiger partial charge in [-0.15, -0.1) is 0 Å². The highest BCUT2D eigenvalue weighted by molar-refractivity contribution is 6.73. The molecule has 2 nitrogen and oxygen atoms in total. The minimum absolute atomic E-state index is 0.546. The molecule has 94 valence electrons. The molecule has 0 fully saturated rings. The van der Waals surface area contributed by atoms with Crippen LogP contribution in [0.2, 0.25) is 0 Å². The van der Waals surface area contributed by atoms with Gasteiger partial charge in [-0.1, -0.05) is 99.9 Å². The van der Waals surface area contributed by atoms with Crippen LogP contribution in [0.4, 0.5) is 0 Å². The van der Waals surface area contributed by atoms with E-state index in [-0.39, 0.29) is 0 Å². The van der Waals surface area contributed by atoms with Crippen molar-refractivity contribution >= 4 is 82.2 Å². The lowest BCUT2D eigenvalue weighted by atomic mass is 9.79. The van der Waals surface area contributed by atoms with Crippen molar-refractivity contribution in [2.45, 2.75) is 7.96 Å². The first-order valence-corrected chi connectivity index (χ1v) is 6.48. The van der Waals surface area contributed by atoms with E-state index in [1.165, 1.54) is 0 Å². The standard InChI is InChI=1S/C8H5BCl6O2/c10-7(11,12)16-9(17-8(13,14)15)6-4-2-1-3-5-6/h1-5H. The van der Waals surface area contributed by atoms with Gasteiger partial charge in [-0.25, -0.2) is 0 Å². The predicted molar refractivity (Wildman–Crippen MR) is 74.6 cm³/mol. The van der Waals surface area contributed by atoms with Crippen molar-refractivity contribution in [1.82, 2.24) is 0 Å². The zero-order valence-corrected chi connectivity index (χ0v) is 12.6. The van der Waals surface area contributed by atoms with Gasteiger partial charge < -0.3 is 9.31 Å². The van der Waals surface area contributed by atoms with Crippen molar-refractivity contribution in [2.24, 2.45) is 0 Å². The second-order valence-corrected chi connectivity index (χ2v) is 7.22. The van der Waals surface area contributed by atoms with Crippen molar-refractivity contribution in [1.29, 1.82) is 0 Å². The van der Waals surface area contributed by atoms with Crippen LogP contribution in [0.3, 0.4) is 0 Å². The minimum atomic E-state index is -1.99. The lowest BCUT2D eigenvalue weighted by Gasteiger charge is -2.23. The Morgan fingerprint density at radius 1 is 0.765 bits per heavy atom. The Hall–Kier alpha value is 0.945. The average Bonchev–Trinajstić information content (AvgIpc) is 2.14. The van der Waals surface area contributed by atoms with E-state index in [0.717, 1.165) is 0 Å². The molecule has 0 aliphatic heterocycles. The summed E-state index contributed by atoms with van der Waals surface area (Å²) in [7, 11) is -1.11. The smallest absolute Gasteiger partial charge is 0.363 e. The first-order chi connectivity index (χ1) is 7.67. The number of halogens is 6. The average molecular weight is 357 g/mol. The second-order valence-electron chi connectivity index (χ2n) is 2.87. The summed E-state index contributed by atoms with van der Waals surface area (Å²) < 4.78 is 6.06. The van der Waals surface area contributed by atoms with E-state index in [9.17, 15) is 0 Å². The van der Waals surface area contributed by atoms with E-state index >= 15 is 0 Å². The fourth-order valence-electron chi connectivity index (χ4n) is 1.01. The first-order valence-electron chi connectivity index (χ1n) is 4.21. The summed E-state index contributed by atoms with van der Waals surface area (Å²) in [6, 6.07) is 8.64. The maximum atomic E-state index is 5.51. The zero-order valence-electron chi connectivity index (χ0n) is 8.05. The molecular weight excluding hydrogens is 352 g/mol. The normalized spacial score (nSPS) is 12.6. The number of rotatable bonds is 3. The van der Waals surface area contributed by atoms with Crippen LogP contribution in [-0.2, 0) is 9.31 Å². The highest BCUT2D eigenvalue weighted by Crippen LogP contribution is 2.32. The molecule has 0 amide bonds. The Morgan fingerprint density at radius 2 is 1.18 bits per heavy atom. The summed E-state index contributed by atoms with van der Waals surface area (Å²) in [6.45, 7) is 0. The molecule has 0 heterocycles. The molecule has 0 aliphatic carbocycles. The van der Waals surface area contributed by atoms with E-state index in [1.54, 1.807) is 30.3 Å². The predicted octanol–water partition coefficient (Wildman–Crippen LogP) is 4.07. The fraction of sp³-hybridized carbons (Fsp3) is 0.250. The highest BCUT2D eigenvalue weighted by Gasteiger charge is 2.38. The summed E-state index contributed by atoms with van der Waals surface area (Å²) in [5.41, 5.74) is 0.546. The monoisotopic (exact) mass is 354 g/mol. The molecule has 0 spiro atoms. The van der Waals surface area contributed by atoms with Gasteiger partial charge >= 0.3 is 7.12 Å². The van der Waals surface area contributed by atoms with Gasteiger partial charge in [-0.3, -0.25) is 0 Å². The van der Waals surface area contributed by atoms with Crippen LogP contribution in [0.1, 0.15) is 0 Å². The Labute approximate surface area is 129 Å². The van der Waals surface area contributed by atoms with Crippen LogP contribution in [0, 0.1) is 0 Å². The second kappa shape index (κ2) is 6.40. The molecular formula is C8H5BCl6O2. The number of alkyl halides is 6. The third-order valence-electron chi connectivity index (χ3n) is 1.55. The number of benzene rings is 1. The van der Waals surface area contributed by atoms with Crippen LogP contribution in [0.5, 0.6) is 0 Å². The van der Waals surface area contributed by atoms with Gasteiger partial charge in [0.05, 0.1) is 0 Å². The molecule has 1 rings (SSSR count). The molecule has 1 aromatic rings. The molecule has 0 bridgehead atoms. The van der Waals surface area contributed by atoms with Crippen molar-refractivity contribution in [3.05, 3.63) is 30.3 Å². The van der Waals surface area contributed by atoms with Crippen LogP contribution < -0.4 is 5.46 Å². The highest BCUT2D eigenvalue weighted by atomic mass is 35.6. The van der Waals surface area contributed by atoms with Gasteiger partial charge in [0.15, 0.2) is 0 Å².